The number of hydrogen-bond donors (Lipinski definition) is 2. The van der Waals surface area contributed by atoms with Crippen LogP contribution in [-0.4, -0.2) is 11.1 Å². The Hall–Kier alpha value is -2.26. The standard InChI is InChI=1S/C20H18O2S/c1-13-11-17(15-9-5-6-10-16(15)18(13)12-23)19(20(21)22)14-7-3-2-4-8-14/h2-11,19,23H,12H2,1H3,(H,21,22). The zero-order valence-electron chi connectivity index (χ0n) is 12.9. The summed E-state index contributed by atoms with van der Waals surface area (Å²) in [5.41, 5.74) is 3.87. The van der Waals surface area contributed by atoms with E-state index < -0.39 is 11.9 Å². The lowest BCUT2D eigenvalue weighted by Gasteiger charge is -2.19. The summed E-state index contributed by atoms with van der Waals surface area (Å²) in [6.45, 7) is 2.02. The van der Waals surface area contributed by atoms with E-state index >= 15 is 0 Å². The van der Waals surface area contributed by atoms with Crippen LogP contribution in [0, 0.1) is 6.92 Å². The van der Waals surface area contributed by atoms with Crippen molar-refractivity contribution in [2.24, 2.45) is 0 Å². The predicted octanol–water partition coefficient (Wildman–Crippen LogP) is 4.79. The van der Waals surface area contributed by atoms with E-state index in [1.165, 1.54) is 0 Å². The van der Waals surface area contributed by atoms with Crippen LogP contribution in [-0.2, 0) is 10.5 Å². The molecule has 1 atom stereocenters. The molecule has 0 aromatic heterocycles. The van der Waals surface area contributed by atoms with E-state index in [2.05, 4.69) is 12.6 Å². The summed E-state index contributed by atoms with van der Waals surface area (Å²) in [7, 11) is 0. The highest BCUT2D eigenvalue weighted by Gasteiger charge is 2.25. The molecule has 0 spiro atoms. The van der Waals surface area contributed by atoms with E-state index in [1.54, 1.807) is 0 Å². The highest BCUT2D eigenvalue weighted by molar-refractivity contribution is 7.79. The second-order valence-electron chi connectivity index (χ2n) is 5.65. The molecule has 0 aliphatic heterocycles. The normalized spacial score (nSPS) is 12.3. The van der Waals surface area contributed by atoms with Crippen LogP contribution in [0.3, 0.4) is 0 Å². The average Bonchev–Trinajstić information content (AvgIpc) is 2.56. The number of carboxylic acids is 1. The van der Waals surface area contributed by atoms with Crippen LogP contribution in [0.4, 0.5) is 0 Å². The van der Waals surface area contributed by atoms with Gasteiger partial charge >= 0.3 is 5.97 Å². The Morgan fingerprint density at radius 2 is 1.65 bits per heavy atom. The van der Waals surface area contributed by atoms with Crippen molar-refractivity contribution < 1.29 is 9.90 Å². The van der Waals surface area contributed by atoms with Crippen LogP contribution >= 0.6 is 12.6 Å². The fourth-order valence-electron chi connectivity index (χ4n) is 3.16. The molecule has 0 saturated carbocycles. The molecule has 1 unspecified atom stereocenters. The summed E-state index contributed by atoms with van der Waals surface area (Å²) in [6, 6.07) is 19.4. The highest BCUT2D eigenvalue weighted by Crippen LogP contribution is 2.35. The van der Waals surface area contributed by atoms with Crippen molar-refractivity contribution >= 4 is 29.4 Å². The number of aryl methyl sites for hydroxylation is 1. The van der Waals surface area contributed by atoms with Crippen molar-refractivity contribution in [2.45, 2.75) is 18.6 Å². The minimum absolute atomic E-state index is 0.635. The van der Waals surface area contributed by atoms with Crippen molar-refractivity contribution in [1.29, 1.82) is 0 Å². The van der Waals surface area contributed by atoms with Crippen molar-refractivity contribution in [3.8, 4) is 0 Å². The number of aliphatic carboxylic acids is 1. The van der Waals surface area contributed by atoms with Crippen molar-refractivity contribution in [2.75, 3.05) is 0 Å². The molecule has 0 aliphatic rings. The molecule has 116 valence electrons. The summed E-state index contributed by atoms with van der Waals surface area (Å²) >= 11 is 4.44. The molecule has 0 amide bonds. The molecule has 0 fully saturated rings. The van der Waals surface area contributed by atoms with Crippen molar-refractivity contribution in [1.82, 2.24) is 0 Å². The molecule has 3 aromatic carbocycles. The number of carbonyl (C=O) groups is 1. The molecule has 3 rings (SSSR count). The van der Waals surface area contributed by atoms with Gasteiger partial charge in [-0.25, -0.2) is 0 Å². The summed E-state index contributed by atoms with van der Waals surface area (Å²) in [6.07, 6.45) is 0. The minimum Gasteiger partial charge on any atom is -0.481 e. The summed E-state index contributed by atoms with van der Waals surface area (Å²) in [5, 5.41) is 11.9. The molecule has 2 nitrogen and oxygen atoms in total. The molecule has 0 aliphatic carbocycles. The third kappa shape index (κ3) is 2.84. The lowest BCUT2D eigenvalue weighted by Crippen LogP contribution is -2.14. The molecule has 0 bridgehead atoms. The lowest BCUT2D eigenvalue weighted by molar-refractivity contribution is -0.137. The summed E-state index contributed by atoms with van der Waals surface area (Å²) in [5.74, 6) is -0.872. The van der Waals surface area contributed by atoms with Crippen LogP contribution in [0.25, 0.3) is 10.8 Å². The first kappa shape index (κ1) is 15.6. The van der Waals surface area contributed by atoms with Crippen LogP contribution < -0.4 is 0 Å². The molecule has 0 radical (unpaired) electrons. The SMILES string of the molecule is Cc1cc(C(C(=O)O)c2ccccc2)c2ccccc2c1CS. The second-order valence-corrected chi connectivity index (χ2v) is 5.96. The fraction of sp³-hybridized carbons (Fsp3) is 0.150. The maximum Gasteiger partial charge on any atom is 0.315 e. The van der Waals surface area contributed by atoms with Gasteiger partial charge in [-0.05, 0) is 39.9 Å². The van der Waals surface area contributed by atoms with Gasteiger partial charge in [0.15, 0.2) is 0 Å². The Morgan fingerprint density at radius 1 is 1.04 bits per heavy atom. The smallest absolute Gasteiger partial charge is 0.315 e. The molecule has 1 N–H and O–H groups in total. The Morgan fingerprint density at radius 3 is 2.26 bits per heavy atom. The van der Waals surface area contributed by atoms with Gasteiger partial charge in [-0.15, -0.1) is 0 Å². The minimum atomic E-state index is -0.834. The van der Waals surface area contributed by atoms with Gasteiger partial charge in [-0.3, -0.25) is 4.79 Å². The van der Waals surface area contributed by atoms with Gasteiger partial charge in [0.25, 0.3) is 0 Å². The lowest BCUT2D eigenvalue weighted by atomic mass is 9.85. The first-order valence-corrected chi connectivity index (χ1v) is 8.16. The number of benzene rings is 3. The predicted molar refractivity (Wildman–Crippen MR) is 97.3 cm³/mol. The van der Waals surface area contributed by atoms with E-state index in [0.29, 0.717) is 5.75 Å². The van der Waals surface area contributed by atoms with Crippen molar-refractivity contribution in [3.05, 3.63) is 82.9 Å². The largest absolute Gasteiger partial charge is 0.481 e. The average molecular weight is 322 g/mol. The monoisotopic (exact) mass is 322 g/mol. The topological polar surface area (TPSA) is 37.3 Å². The van der Waals surface area contributed by atoms with E-state index in [0.717, 1.165) is 33.0 Å². The van der Waals surface area contributed by atoms with Gasteiger partial charge in [0.05, 0.1) is 0 Å². The van der Waals surface area contributed by atoms with Crippen LogP contribution in [0.1, 0.15) is 28.2 Å². The first-order valence-electron chi connectivity index (χ1n) is 7.53. The van der Waals surface area contributed by atoms with Gasteiger partial charge in [0.1, 0.15) is 5.92 Å². The van der Waals surface area contributed by atoms with E-state index in [4.69, 9.17) is 0 Å². The van der Waals surface area contributed by atoms with Gasteiger partial charge in [0, 0.05) is 5.75 Å². The summed E-state index contributed by atoms with van der Waals surface area (Å²) < 4.78 is 0. The zero-order chi connectivity index (χ0) is 16.4. The Balaban J connectivity index is 2.32. The number of hydrogen-bond acceptors (Lipinski definition) is 2. The zero-order valence-corrected chi connectivity index (χ0v) is 13.8. The molecule has 0 saturated heterocycles. The highest BCUT2D eigenvalue weighted by atomic mass is 32.1. The Bertz CT molecular complexity index is 856. The quantitative estimate of drug-likeness (QED) is 0.677. The molecular weight excluding hydrogens is 304 g/mol. The molecular formula is C20H18O2S. The Labute approximate surface area is 141 Å². The maximum absolute atomic E-state index is 12.0. The summed E-state index contributed by atoms with van der Waals surface area (Å²) in [4.78, 5) is 12.0. The number of carboxylic acid groups (broad SMARTS) is 1. The van der Waals surface area contributed by atoms with Gasteiger partial charge in [0.2, 0.25) is 0 Å². The third-order valence-corrected chi connectivity index (χ3v) is 4.58. The number of rotatable bonds is 4. The van der Waals surface area contributed by atoms with Gasteiger partial charge in [-0.2, -0.15) is 12.6 Å². The van der Waals surface area contributed by atoms with Gasteiger partial charge < -0.3 is 5.11 Å². The first-order chi connectivity index (χ1) is 11.1. The second kappa shape index (κ2) is 6.47. The molecule has 3 heteroatoms. The number of fused-ring (bicyclic) bond motifs is 1. The van der Waals surface area contributed by atoms with Crippen molar-refractivity contribution in [3.63, 3.8) is 0 Å². The molecule has 0 heterocycles. The molecule has 23 heavy (non-hydrogen) atoms. The van der Waals surface area contributed by atoms with Crippen LogP contribution in [0.5, 0.6) is 0 Å². The third-order valence-electron chi connectivity index (χ3n) is 4.26. The molecule has 3 aromatic rings. The van der Waals surface area contributed by atoms with Crippen LogP contribution in [0.15, 0.2) is 60.7 Å². The van der Waals surface area contributed by atoms with E-state index in [-0.39, 0.29) is 0 Å². The van der Waals surface area contributed by atoms with E-state index in [9.17, 15) is 9.90 Å². The fourth-order valence-corrected chi connectivity index (χ4v) is 3.58. The van der Waals surface area contributed by atoms with Crippen LogP contribution in [0.2, 0.25) is 0 Å². The van der Waals surface area contributed by atoms with E-state index in [1.807, 2.05) is 67.6 Å². The number of thiol groups is 1. The Kier molecular flexibility index (Phi) is 4.39. The maximum atomic E-state index is 12.0. The van der Waals surface area contributed by atoms with Gasteiger partial charge in [-0.1, -0.05) is 60.7 Å².